The third-order valence-electron chi connectivity index (χ3n) is 5.79. The largest absolute Gasteiger partial charge is 0.385 e. The van der Waals surface area contributed by atoms with Crippen molar-refractivity contribution in [3.05, 3.63) is 52.8 Å². The highest BCUT2D eigenvalue weighted by atomic mass is 16.2. The minimum Gasteiger partial charge on any atom is -0.385 e. The summed E-state index contributed by atoms with van der Waals surface area (Å²) < 4.78 is 4.31. The number of nitrogens with two attached hydrogens (primary N) is 2. The Morgan fingerprint density at radius 1 is 0.667 bits per heavy atom. The molecule has 0 bridgehead atoms. The SMILES string of the molecule is CCCCCCCC(c1c(N)n(C)c(=O)n(C)c1=O)c1c(N)n(C)c(=O)n(C)c1=O. The number of anilines is 2. The first-order chi connectivity index (χ1) is 14.1. The Balaban J connectivity index is 2.78. The van der Waals surface area contributed by atoms with E-state index in [2.05, 4.69) is 6.92 Å². The van der Waals surface area contributed by atoms with E-state index in [4.69, 9.17) is 11.5 Å². The quantitative estimate of drug-likeness (QED) is 0.582. The van der Waals surface area contributed by atoms with Gasteiger partial charge in [-0.05, 0) is 6.42 Å². The van der Waals surface area contributed by atoms with Crippen LogP contribution >= 0.6 is 0 Å². The zero-order valence-electron chi connectivity index (χ0n) is 18.4. The minimum atomic E-state index is -0.734. The molecule has 166 valence electrons. The van der Waals surface area contributed by atoms with Crippen molar-refractivity contribution in [2.24, 2.45) is 28.2 Å². The van der Waals surface area contributed by atoms with Crippen molar-refractivity contribution in [1.29, 1.82) is 0 Å². The van der Waals surface area contributed by atoms with Gasteiger partial charge in [-0.15, -0.1) is 0 Å². The second-order valence-electron chi connectivity index (χ2n) is 7.76. The van der Waals surface area contributed by atoms with Crippen LogP contribution in [0.25, 0.3) is 0 Å². The number of rotatable bonds is 8. The molecule has 10 nitrogen and oxygen atoms in total. The Bertz CT molecular complexity index is 1080. The molecule has 10 heteroatoms. The van der Waals surface area contributed by atoms with Gasteiger partial charge in [0.1, 0.15) is 11.6 Å². The molecule has 30 heavy (non-hydrogen) atoms. The van der Waals surface area contributed by atoms with Crippen LogP contribution in [0.15, 0.2) is 19.2 Å². The molecule has 0 aliphatic heterocycles. The summed E-state index contributed by atoms with van der Waals surface area (Å²) in [5.74, 6) is -0.739. The minimum absolute atomic E-state index is 0.00281. The zero-order valence-corrected chi connectivity index (χ0v) is 18.4. The lowest BCUT2D eigenvalue weighted by atomic mass is 9.87. The predicted molar refractivity (Wildman–Crippen MR) is 118 cm³/mol. The average Bonchev–Trinajstić information content (AvgIpc) is 2.73. The van der Waals surface area contributed by atoms with E-state index >= 15 is 0 Å². The summed E-state index contributed by atoms with van der Waals surface area (Å²) in [5, 5.41) is 0. The maximum absolute atomic E-state index is 13.0. The van der Waals surface area contributed by atoms with E-state index in [1.165, 1.54) is 37.3 Å². The fourth-order valence-corrected chi connectivity index (χ4v) is 3.81. The van der Waals surface area contributed by atoms with E-state index in [0.717, 1.165) is 41.2 Å². The highest BCUT2D eigenvalue weighted by molar-refractivity contribution is 5.51. The molecule has 4 N–H and O–H groups in total. The Morgan fingerprint density at radius 2 is 1.07 bits per heavy atom. The molecule has 0 saturated carbocycles. The second-order valence-corrected chi connectivity index (χ2v) is 7.76. The van der Waals surface area contributed by atoms with Crippen LogP contribution in [-0.2, 0) is 28.2 Å². The van der Waals surface area contributed by atoms with Gasteiger partial charge in [0.25, 0.3) is 11.1 Å². The van der Waals surface area contributed by atoms with Gasteiger partial charge in [-0.25, -0.2) is 9.59 Å². The molecule has 0 fully saturated rings. The van der Waals surface area contributed by atoms with Crippen molar-refractivity contribution in [3.63, 3.8) is 0 Å². The summed E-state index contributed by atoms with van der Waals surface area (Å²) in [7, 11) is 5.69. The van der Waals surface area contributed by atoms with E-state index in [0.29, 0.717) is 6.42 Å². The number of nitrogens with zero attached hydrogens (tertiary/aromatic N) is 4. The van der Waals surface area contributed by atoms with Crippen LogP contribution in [0.2, 0.25) is 0 Å². The number of nitrogen functional groups attached to an aromatic ring is 2. The molecule has 0 radical (unpaired) electrons. The van der Waals surface area contributed by atoms with Gasteiger partial charge < -0.3 is 11.5 Å². The summed E-state index contributed by atoms with van der Waals surface area (Å²) in [5.41, 5.74) is 10.4. The van der Waals surface area contributed by atoms with Gasteiger partial charge >= 0.3 is 11.4 Å². The molecule has 0 aliphatic carbocycles. The summed E-state index contributed by atoms with van der Waals surface area (Å²) in [6.07, 6.45) is 5.32. The van der Waals surface area contributed by atoms with Crippen molar-refractivity contribution >= 4 is 11.6 Å². The molecule has 0 amide bonds. The number of aromatic nitrogens is 4. The predicted octanol–water partition coefficient (Wildman–Crippen LogP) is 0.138. The van der Waals surface area contributed by atoms with Crippen LogP contribution in [0.4, 0.5) is 11.6 Å². The summed E-state index contributed by atoms with van der Waals surface area (Å²) in [6.45, 7) is 2.12. The maximum Gasteiger partial charge on any atom is 0.332 e. The first-order valence-electron chi connectivity index (χ1n) is 10.2. The first-order valence-corrected chi connectivity index (χ1v) is 10.2. The van der Waals surface area contributed by atoms with Gasteiger partial charge in [0.05, 0.1) is 11.1 Å². The van der Waals surface area contributed by atoms with Crippen molar-refractivity contribution in [2.45, 2.75) is 51.4 Å². The van der Waals surface area contributed by atoms with Crippen molar-refractivity contribution in [3.8, 4) is 0 Å². The molecule has 0 spiro atoms. The highest BCUT2D eigenvalue weighted by Gasteiger charge is 2.29. The number of hydrogen-bond donors (Lipinski definition) is 2. The topological polar surface area (TPSA) is 140 Å². The number of unbranched alkanes of at least 4 members (excludes halogenated alkanes) is 4. The Hall–Kier alpha value is -3.04. The molecular formula is C20H32N6O4. The van der Waals surface area contributed by atoms with Gasteiger partial charge in [0, 0.05) is 34.1 Å². The zero-order chi connectivity index (χ0) is 22.7. The van der Waals surface area contributed by atoms with Crippen molar-refractivity contribution in [2.75, 3.05) is 11.5 Å². The molecule has 2 aromatic heterocycles. The summed E-state index contributed by atoms with van der Waals surface area (Å²) in [6, 6.07) is 0. The third-order valence-corrected chi connectivity index (χ3v) is 5.79. The molecule has 0 saturated heterocycles. The van der Waals surface area contributed by atoms with Gasteiger partial charge in [0.2, 0.25) is 0 Å². The Labute approximate surface area is 174 Å². The first kappa shape index (κ1) is 23.2. The average molecular weight is 421 g/mol. The fourth-order valence-electron chi connectivity index (χ4n) is 3.81. The van der Waals surface area contributed by atoms with E-state index < -0.39 is 28.4 Å². The summed E-state index contributed by atoms with van der Waals surface area (Å²) >= 11 is 0. The molecule has 0 atom stereocenters. The standard InChI is InChI=1S/C20H32N6O4/c1-6-7-8-9-10-11-12(13-15(21)23(2)19(29)25(4)17(13)27)14-16(22)24(3)20(30)26(5)18(14)28/h12H,6-11,21-22H2,1-5H3. The van der Waals surface area contributed by atoms with Crippen LogP contribution in [0.3, 0.4) is 0 Å². The van der Waals surface area contributed by atoms with Gasteiger partial charge in [0.15, 0.2) is 0 Å². The highest BCUT2D eigenvalue weighted by Crippen LogP contribution is 2.31. The summed E-state index contributed by atoms with van der Waals surface area (Å²) in [4.78, 5) is 50.5. The van der Waals surface area contributed by atoms with E-state index in [1.54, 1.807) is 0 Å². The van der Waals surface area contributed by atoms with E-state index in [1.807, 2.05) is 0 Å². The molecule has 0 unspecified atom stereocenters. The monoisotopic (exact) mass is 420 g/mol. The molecule has 2 heterocycles. The van der Waals surface area contributed by atoms with Crippen LogP contribution in [-0.4, -0.2) is 18.3 Å². The second kappa shape index (κ2) is 9.19. The molecule has 0 aromatic carbocycles. The van der Waals surface area contributed by atoms with E-state index in [9.17, 15) is 19.2 Å². The molecule has 2 rings (SSSR count). The normalized spacial score (nSPS) is 11.4. The van der Waals surface area contributed by atoms with Crippen LogP contribution in [0, 0.1) is 0 Å². The van der Waals surface area contributed by atoms with Gasteiger partial charge in [-0.3, -0.25) is 27.9 Å². The fraction of sp³-hybridized carbons (Fsp3) is 0.600. The van der Waals surface area contributed by atoms with Crippen molar-refractivity contribution in [1.82, 2.24) is 18.3 Å². The number of hydrogen-bond acceptors (Lipinski definition) is 6. The third kappa shape index (κ3) is 3.99. The lowest BCUT2D eigenvalue weighted by molar-refractivity contribution is 0.558. The Kier molecular flexibility index (Phi) is 7.12. The van der Waals surface area contributed by atoms with E-state index in [-0.39, 0.29) is 22.8 Å². The molecule has 0 aliphatic rings. The van der Waals surface area contributed by atoms with Crippen LogP contribution in [0.1, 0.15) is 62.5 Å². The van der Waals surface area contributed by atoms with Gasteiger partial charge in [-0.2, -0.15) is 0 Å². The van der Waals surface area contributed by atoms with Crippen molar-refractivity contribution < 1.29 is 0 Å². The molecular weight excluding hydrogens is 388 g/mol. The molecule has 2 aromatic rings. The maximum atomic E-state index is 13.0. The smallest absolute Gasteiger partial charge is 0.332 e. The lowest BCUT2D eigenvalue weighted by Crippen LogP contribution is -2.44. The Morgan fingerprint density at radius 3 is 1.47 bits per heavy atom. The van der Waals surface area contributed by atoms with Crippen LogP contribution < -0.4 is 34.0 Å². The lowest BCUT2D eigenvalue weighted by Gasteiger charge is -2.23. The van der Waals surface area contributed by atoms with Gasteiger partial charge in [-0.1, -0.05) is 39.0 Å². The van der Waals surface area contributed by atoms with Crippen LogP contribution in [0.5, 0.6) is 0 Å².